The Labute approximate surface area is 111 Å². The van der Waals surface area contributed by atoms with Gasteiger partial charge in [-0.2, -0.15) is 0 Å². The highest BCUT2D eigenvalue weighted by Crippen LogP contribution is 2.32. The number of carbonyl (C=O) groups is 1. The number of hydrogen-bond donors (Lipinski definition) is 1. The summed E-state index contributed by atoms with van der Waals surface area (Å²) in [5, 5.41) is 9.21. The zero-order chi connectivity index (χ0) is 13.1. The molecular weight excluding hydrogens is 226 g/mol. The maximum Gasteiger partial charge on any atom is 0.308 e. The molecule has 1 aliphatic carbocycles. The van der Waals surface area contributed by atoms with Crippen molar-refractivity contribution in [2.45, 2.75) is 58.4 Å². The van der Waals surface area contributed by atoms with Gasteiger partial charge in [-0.1, -0.05) is 33.1 Å². The minimum absolute atomic E-state index is 0.143. The minimum Gasteiger partial charge on any atom is -0.481 e. The standard InChI is InChI=1S/C15H27NO2/c1-3-12-5-4-6-13(8-7-12)16-9-11(2)14(10-16)15(17)18/h11-14H,3-10H2,1-2H3,(H,17,18). The van der Waals surface area contributed by atoms with Gasteiger partial charge >= 0.3 is 5.97 Å². The molecule has 2 aliphatic rings. The van der Waals surface area contributed by atoms with Crippen molar-refractivity contribution in [2.24, 2.45) is 17.8 Å². The van der Waals surface area contributed by atoms with Crippen LogP contribution in [0.25, 0.3) is 0 Å². The molecular formula is C15H27NO2. The van der Waals surface area contributed by atoms with E-state index >= 15 is 0 Å². The number of aliphatic carboxylic acids is 1. The molecule has 2 rings (SSSR count). The lowest BCUT2D eigenvalue weighted by Crippen LogP contribution is -2.33. The number of carboxylic acid groups (broad SMARTS) is 1. The normalized spacial score (nSPS) is 38.6. The third-order valence-electron chi connectivity index (χ3n) is 5.11. The van der Waals surface area contributed by atoms with E-state index in [0.717, 1.165) is 19.0 Å². The summed E-state index contributed by atoms with van der Waals surface area (Å²) in [6, 6.07) is 0.647. The third kappa shape index (κ3) is 3.05. The summed E-state index contributed by atoms with van der Waals surface area (Å²) in [6.07, 6.45) is 7.89. The Hall–Kier alpha value is -0.570. The van der Waals surface area contributed by atoms with Gasteiger partial charge in [-0.3, -0.25) is 9.69 Å². The van der Waals surface area contributed by atoms with Gasteiger partial charge in [-0.15, -0.1) is 0 Å². The second-order valence-corrected chi connectivity index (χ2v) is 6.31. The Bertz CT molecular complexity index is 292. The molecule has 2 fully saturated rings. The van der Waals surface area contributed by atoms with Gasteiger partial charge in [0.25, 0.3) is 0 Å². The zero-order valence-corrected chi connectivity index (χ0v) is 11.8. The number of likely N-dealkylation sites (tertiary alicyclic amines) is 1. The van der Waals surface area contributed by atoms with E-state index in [9.17, 15) is 9.90 Å². The lowest BCUT2D eigenvalue weighted by molar-refractivity contribution is -0.142. The van der Waals surface area contributed by atoms with Crippen LogP contribution in [0.3, 0.4) is 0 Å². The van der Waals surface area contributed by atoms with Gasteiger partial charge in [-0.05, 0) is 31.1 Å². The SMILES string of the molecule is CCC1CCCC(N2CC(C)C(C(=O)O)C2)CC1. The van der Waals surface area contributed by atoms with Crippen LogP contribution in [0.1, 0.15) is 52.4 Å². The molecule has 1 saturated heterocycles. The smallest absolute Gasteiger partial charge is 0.308 e. The quantitative estimate of drug-likeness (QED) is 0.786. The lowest BCUT2D eigenvalue weighted by Gasteiger charge is -2.26. The molecule has 3 heteroatoms. The molecule has 3 nitrogen and oxygen atoms in total. The Morgan fingerprint density at radius 1 is 1.22 bits per heavy atom. The van der Waals surface area contributed by atoms with Crippen LogP contribution < -0.4 is 0 Å². The molecule has 0 aromatic carbocycles. The molecule has 0 amide bonds. The lowest BCUT2D eigenvalue weighted by atomic mass is 9.97. The summed E-state index contributed by atoms with van der Waals surface area (Å²) < 4.78 is 0. The van der Waals surface area contributed by atoms with E-state index in [1.54, 1.807) is 0 Å². The molecule has 0 bridgehead atoms. The number of nitrogens with zero attached hydrogens (tertiary/aromatic N) is 1. The summed E-state index contributed by atoms with van der Waals surface area (Å²) in [5.41, 5.74) is 0. The number of rotatable bonds is 3. The monoisotopic (exact) mass is 253 g/mol. The Morgan fingerprint density at radius 2 is 2.00 bits per heavy atom. The Morgan fingerprint density at radius 3 is 2.61 bits per heavy atom. The van der Waals surface area contributed by atoms with Crippen LogP contribution >= 0.6 is 0 Å². The molecule has 0 aromatic rings. The summed E-state index contributed by atoms with van der Waals surface area (Å²) in [7, 11) is 0. The molecule has 0 aromatic heterocycles. The van der Waals surface area contributed by atoms with E-state index in [0.29, 0.717) is 12.0 Å². The van der Waals surface area contributed by atoms with Crippen molar-refractivity contribution in [1.82, 2.24) is 4.90 Å². The van der Waals surface area contributed by atoms with Crippen LogP contribution in [0.15, 0.2) is 0 Å². The van der Waals surface area contributed by atoms with Crippen molar-refractivity contribution in [3.05, 3.63) is 0 Å². The topological polar surface area (TPSA) is 40.5 Å². The average Bonchev–Trinajstić information content (AvgIpc) is 2.60. The maximum atomic E-state index is 11.2. The molecule has 0 radical (unpaired) electrons. The van der Waals surface area contributed by atoms with Gasteiger partial charge in [0.15, 0.2) is 0 Å². The van der Waals surface area contributed by atoms with Crippen LogP contribution in [0.4, 0.5) is 0 Å². The zero-order valence-electron chi connectivity index (χ0n) is 11.8. The first kappa shape index (κ1) is 13.9. The van der Waals surface area contributed by atoms with Gasteiger partial charge in [0.2, 0.25) is 0 Å². The average molecular weight is 253 g/mol. The maximum absolute atomic E-state index is 11.2. The van der Waals surface area contributed by atoms with Gasteiger partial charge in [0.1, 0.15) is 0 Å². The third-order valence-corrected chi connectivity index (χ3v) is 5.11. The summed E-state index contributed by atoms with van der Waals surface area (Å²) in [5.74, 6) is 0.471. The van der Waals surface area contributed by atoms with Crippen molar-refractivity contribution in [2.75, 3.05) is 13.1 Å². The Kier molecular flexibility index (Phi) is 4.66. The highest BCUT2D eigenvalue weighted by atomic mass is 16.4. The van der Waals surface area contributed by atoms with Crippen molar-refractivity contribution < 1.29 is 9.90 Å². The molecule has 18 heavy (non-hydrogen) atoms. The highest BCUT2D eigenvalue weighted by molar-refractivity contribution is 5.71. The molecule has 1 N–H and O–H groups in total. The van der Waals surface area contributed by atoms with Crippen molar-refractivity contribution in [3.8, 4) is 0 Å². The van der Waals surface area contributed by atoms with E-state index in [4.69, 9.17) is 0 Å². The minimum atomic E-state index is -0.606. The summed E-state index contributed by atoms with van der Waals surface area (Å²) >= 11 is 0. The van der Waals surface area contributed by atoms with Crippen LogP contribution in [-0.2, 0) is 4.79 Å². The fourth-order valence-corrected chi connectivity index (χ4v) is 3.76. The molecule has 4 unspecified atom stereocenters. The van der Waals surface area contributed by atoms with E-state index in [2.05, 4.69) is 18.7 Å². The van der Waals surface area contributed by atoms with Crippen LogP contribution in [0.5, 0.6) is 0 Å². The predicted octanol–water partition coefficient (Wildman–Crippen LogP) is 3.00. The van der Waals surface area contributed by atoms with Crippen molar-refractivity contribution in [3.63, 3.8) is 0 Å². The molecule has 4 atom stereocenters. The van der Waals surface area contributed by atoms with E-state index in [1.807, 2.05) is 0 Å². The fraction of sp³-hybridized carbons (Fsp3) is 0.933. The molecule has 1 aliphatic heterocycles. The van der Waals surface area contributed by atoms with Crippen molar-refractivity contribution >= 4 is 5.97 Å². The van der Waals surface area contributed by atoms with E-state index in [1.165, 1.54) is 38.5 Å². The number of carboxylic acids is 1. The second kappa shape index (κ2) is 6.05. The Balaban J connectivity index is 1.90. The van der Waals surface area contributed by atoms with Gasteiger partial charge in [-0.25, -0.2) is 0 Å². The van der Waals surface area contributed by atoms with Gasteiger partial charge < -0.3 is 5.11 Å². The predicted molar refractivity (Wildman–Crippen MR) is 72.5 cm³/mol. The first-order valence-corrected chi connectivity index (χ1v) is 7.58. The van der Waals surface area contributed by atoms with Crippen LogP contribution in [-0.4, -0.2) is 35.1 Å². The second-order valence-electron chi connectivity index (χ2n) is 6.31. The highest BCUT2D eigenvalue weighted by Gasteiger charge is 2.37. The van der Waals surface area contributed by atoms with E-state index in [-0.39, 0.29) is 5.92 Å². The van der Waals surface area contributed by atoms with Crippen LogP contribution in [0, 0.1) is 17.8 Å². The largest absolute Gasteiger partial charge is 0.481 e. The molecule has 1 saturated carbocycles. The number of hydrogen-bond acceptors (Lipinski definition) is 2. The van der Waals surface area contributed by atoms with Gasteiger partial charge in [0.05, 0.1) is 5.92 Å². The fourth-order valence-electron chi connectivity index (χ4n) is 3.76. The molecule has 1 heterocycles. The summed E-state index contributed by atoms with van der Waals surface area (Å²) in [6.45, 7) is 6.14. The molecule has 0 spiro atoms. The van der Waals surface area contributed by atoms with E-state index < -0.39 is 5.97 Å². The van der Waals surface area contributed by atoms with Gasteiger partial charge in [0, 0.05) is 19.1 Å². The van der Waals surface area contributed by atoms with Crippen LogP contribution in [0.2, 0.25) is 0 Å². The molecule has 104 valence electrons. The first-order valence-electron chi connectivity index (χ1n) is 7.58. The van der Waals surface area contributed by atoms with Crippen molar-refractivity contribution in [1.29, 1.82) is 0 Å². The summed E-state index contributed by atoms with van der Waals surface area (Å²) in [4.78, 5) is 13.6. The first-order chi connectivity index (χ1) is 8.61.